The summed E-state index contributed by atoms with van der Waals surface area (Å²) in [5.74, 6) is 1.71. The summed E-state index contributed by atoms with van der Waals surface area (Å²) in [6.45, 7) is 36.9. The van der Waals surface area contributed by atoms with Crippen LogP contribution in [0.3, 0.4) is 0 Å². The molecule has 0 fully saturated rings. The van der Waals surface area contributed by atoms with Crippen LogP contribution in [0.2, 0.25) is 0 Å². The van der Waals surface area contributed by atoms with Crippen molar-refractivity contribution in [2.24, 2.45) is 11.8 Å². The molecule has 3 heteroatoms. The van der Waals surface area contributed by atoms with E-state index in [0.717, 1.165) is 24.7 Å². The summed E-state index contributed by atoms with van der Waals surface area (Å²) < 4.78 is 1.75. The number of fused-ring (bicyclic) bond motifs is 3. The van der Waals surface area contributed by atoms with Gasteiger partial charge in [0, 0.05) is 0 Å². The molecule has 0 atom stereocenters. The summed E-state index contributed by atoms with van der Waals surface area (Å²) in [5.41, 5.74) is 16.5. The molecule has 0 aromatic heterocycles. The Hall–Kier alpha value is -2.31. The normalized spacial score (nSPS) is 13.2. The van der Waals surface area contributed by atoms with Crippen molar-refractivity contribution < 1.29 is 49.0 Å². The SMILES string of the molecule is CC(C)(C)c1ccc(-c2[c-]c3c(cc2C(C)(C)C)-c2cc(C(C)(C)C)c(-c4ccc(C(C)(C)C)cc4)cc2C3)cc1.CC(C)C[C](=[Zr+2])CC(C)C.[C-]1=CC=CC1.[Cl-].[Cl-]. The van der Waals surface area contributed by atoms with Crippen LogP contribution in [0.25, 0.3) is 33.4 Å². The quantitative estimate of drug-likeness (QED) is 0.149. The van der Waals surface area contributed by atoms with Crippen molar-refractivity contribution in [2.45, 2.75) is 158 Å². The fourth-order valence-electron chi connectivity index (χ4n) is 7.58. The predicted octanol–water partition coefficient (Wildman–Crippen LogP) is 9.69. The minimum absolute atomic E-state index is 0. The molecule has 58 heavy (non-hydrogen) atoms. The van der Waals surface area contributed by atoms with Gasteiger partial charge < -0.3 is 24.8 Å². The van der Waals surface area contributed by atoms with E-state index in [9.17, 15) is 0 Å². The maximum atomic E-state index is 3.96. The van der Waals surface area contributed by atoms with Gasteiger partial charge in [0.15, 0.2) is 0 Å². The molecule has 0 radical (unpaired) electrons. The largest absolute Gasteiger partial charge is 1.00 e. The molecule has 0 nitrogen and oxygen atoms in total. The zero-order valence-corrected chi connectivity index (χ0v) is 42.8. The number of hydrogen-bond donors (Lipinski definition) is 0. The van der Waals surface area contributed by atoms with Gasteiger partial charge in [-0.1, -0.05) is 160 Å². The zero-order valence-electron chi connectivity index (χ0n) is 38.8. The van der Waals surface area contributed by atoms with E-state index in [1.807, 2.05) is 12.2 Å². The Morgan fingerprint density at radius 2 is 1.05 bits per heavy atom. The van der Waals surface area contributed by atoms with Gasteiger partial charge in [-0.05, 0) is 61.5 Å². The van der Waals surface area contributed by atoms with E-state index in [1.54, 1.807) is 27.4 Å². The second-order valence-corrected chi connectivity index (χ2v) is 22.9. The van der Waals surface area contributed by atoms with Gasteiger partial charge in [-0.15, -0.1) is 35.2 Å². The summed E-state index contributed by atoms with van der Waals surface area (Å²) in [4.78, 5) is 0. The Bertz CT molecular complexity index is 1870. The van der Waals surface area contributed by atoms with E-state index in [1.165, 1.54) is 79.6 Å². The topological polar surface area (TPSA) is 0 Å². The fourth-order valence-corrected chi connectivity index (χ4v) is 9.58. The van der Waals surface area contributed by atoms with Crippen molar-refractivity contribution in [1.29, 1.82) is 0 Å². The zero-order chi connectivity index (χ0) is 41.8. The van der Waals surface area contributed by atoms with Gasteiger partial charge in [-0.25, -0.2) is 12.2 Å². The minimum Gasteiger partial charge on any atom is -1.00 e. The first-order valence-electron chi connectivity index (χ1n) is 21.1. The number of hydrogen-bond acceptors (Lipinski definition) is 0. The summed E-state index contributed by atoms with van der Waals surface area (Å²) in [5, 5.41) is 0. The maximum Gasteiger partial charge on any atom is -0.109 e. The molecule has 0 saturated heterocycles. The Kier molecular flexibility index (Phi) is 18.7. The van der Waals surface area contributed by atoms with Crippen LogP contribution in [-0.4, -0.2) is 3.21 Å². The number of allylic oxidation sites excluding steroid dienone is 4. The van der Waals surface area contributed by atoms with Gasteiger partial charge in [0.05, 0.1) is 0 Å². The van der Waals surface area contributed by atoms with Gasteiger partial charge in [0.25, 0.3) is 0 Å². The molecule has 0 unspecified atom stereocenters. The van der Waals surface area contributed by atoms with E-state index in [2.05, 4.69) is 196 Å². The third-order valence-electron chi connectivity index (χ3n) is 10.7. The Morgan fingerprint density at radius 3 is 1.43 bits per heavy atom. The first kappa shape index (κ1) is 51.8. The minimum atomic E-state index is 0. The summed E-state index contributed by atoms with van der Waals surface area (Å²) in [6.07, 6.45) is 13.6. The molecule has 4 aromatic rings. The van der Waals surface area contributed by atoms with Crippen LogP contribution in [0, 0.1) is 24.0 Å². The molecule has 0 aliphatic heterocycles. The Balaban J connectivity index is 0.000000576. The molecular weight excluding hydrogens is 823 g/mol. The third-order valence-corrected chi connectivity index (χ3v) is 11.7. The van der Waals surface area contributed by atoms with Gasteiger partial charge in [0.2, 0.25) is 0 Å². The van der Waals surface area contributed by atoms with Crippen molar-refractivity contribution in [1.82, 2.24) is 0 Å². The van der Waals surface area contributed by atoms with Crippen LogP contribution in [0.1, 0.15) is 163 Å². The van der Waals surface area contributed by atoms with Crippen molar-refractivity contribution in [3.05, 3.63) is 130 Å². The van der Waals surface area contributed by atoms with Crippen LogP contribution in [-0.2, 0) is 52.3 Å². The van der Waals surface area contributed by atoms with Crippen LogP contribution in [0.5, 0.6) is 0 Å². The van der Waals surface area contributed by atoms with Crippen LogP contribution >= 0.6 is 0 Å². The maximum absolute atomic E-state index is 3.96. The number of benzene rings is 4. The fraction of sp³-hybridized carbons (Fsp3) is 0.473. The van der Waals surface area contributed by atoms with Gasteiger partial charge in [0.1, 0.15) is 0 Å². The van der Waals surface area contributed by atoms with Crippen LogP contribution < -0.4 is 24.8 Å². The van der Waals surface area contributed by atoms with Crippen molar-refractivity contribution in [3.63, 3.8) is 0 Å². The second-order valence-electron chi connectivity index (χ2n) is 21.1. The average Bonchev–Trinajstić information content (AvgIpc) is 3.77. The first-order chi connectivity index (χ1) is 25.9. The molecule has 2 aliphatic rings. The summed E-state index contributed by atoms with van der Waals surface area (Å²) in [7, 11) is 0. The molecule has 312 valence electrons. The van der Waals surface area contributed by atoms with Gasteiger partial charge in [-0.2, -0.15) is 6.08 Å². The summed E-state index contributed by atoms with van der Waals surface area (Å²) >= 11 is 1.65. The van der Waals surface area contributed by atoms with E-state index in [-0.39, 0.29) is 46.5 Å². The monoisotopic (exact) mass is 892 g/mol. The van der Waals surface area contributed by atoms with Gasteiger partial charge in [-0.3, -0.25) is 6.08 Å². The molecule has 4 aromatic carbocycles. The van der Waals surface area contributed by atoms with E-state index < -0.39 is 0 Å². The Morgan fingerprint density at radius 1 is 0.586 bits per heavy atom. The smallest absolute Gasteiger partial charge is 0.109 e. The van der Waals surface area contributed by atoms with Crippen molar-refractivity contribution in [2.75, 3.05) is 0 Å². The van der Waals surface area contributed by atoms with E-state index in [0.29, 0.717) is 0 Å². The van der Waals surface area contributed by atoms with Gasteiger partial charge >= 0.3 is 79.8 Å². The molecule has 0 amide bonds. The van der Waals surface area contributed by atoms with Crippen molar-refractivity contribution in [3.8, 4) is 33.4 Å². The Labute approximate surface area is 383 Å². The van der Waals surface area contributed by atoms with Crippen LogP contribution in [0.15, 0.2) is 85.0 Å². The molecule has 0 bridgehead atoms. The third kappa shape index (κ3) is 14.1. The molecule has 6 rings (SSSR count). The predicted molar refractivity (Wildman–Crippen MR) is 245 cm³/mol. The molecule has 0 N–H and O–H groups in total. The molecular formula is C55H72Cl2Zr-2. The molecule has 0 spiro atoms. The van der Waals surface area contributed by atoms with Crippen molar-refractivity contribution >= 4 is 3.21 Å². The molecule has 0 saturated carbocycles. The number of rotatable bonds is 6. The summed E-state index contributed by atoms with van der Waals surface area (Å²) in [6, 6.07) is 29.9. The average molecular weight is 895 g/mol. The standard InChI is InChI=1S/C41H49.C9H18.C5H5.2ClH.Zr/c1-38(2,3)30-17-13-26(14-18-30)34-22-28-21-29-23-35(27-15-19-31(20-16-27)39(4,5)6)37(41(10,11)12)25-33(29)32(28)24-36(34)40(7,8)9;1-8(2)6-5-7-9(3)4;1-2-4-5-3-1;;;/h13-20,22,24-25H,21H2,1-12H3;8-9H,6-7H2,1-4H3;1-3H,4H2;2*1H;/q-1;;-1;;;+2/p-2. The van der Waals surface area contributed by atoms with Crippen LogP contribution in [0.4, 0.5) is 0 Å². The van der Waals surface area contributed by atoms with E-state index in [4.69, 9.17) is 0 Å². The first-order valence-corrected chi connectivity index (χ1v) is 22.4. The van der Waals surface area contributed by atoms with E-state index >= 15 is 0 Å². The molecule has 0 heterocycles. The molecule has 2 aliphatic carbocycles. The number of halogens is 2. The second kappa shape index (κ2) is 21.0.